The number of hydrogen-bond acceptors (Lipinski definition) is 2. The molecule has 2 N–H and O–H groups in total. The summed E-state index contributed by atoms with van der Waals surface area (Å²) < 4.78 is 27.1. The quantitative estimate of drug-likeness (QED) is 0.739. The highest BCUT2D eigenvalue weighted by atomic mass is 35.5. The lowest BCUT2D eigenvalue weighted by Gasteiger charge is -2.07. The zero-order valence-electron chi connectivity index (χ0n) is 12.6. The van der Waals surface area contributed by atoms with Crippen molar-refractivity contribution in [3.8, 4) is 0 Å². The van der Waals surface area contributed by atoms with Gasteiger partial charge in [0.15, 0.2) is 0 Å². The van der Waals surface area contributed by atoms with Gasteiger partial charge in [0.05, 0.1) is 4.90 Å². The number of fused-ring (bicyclic) bond motifs is 1. The summed E-state index contributed by atoms with van der Waals surface area (Å²) in [5.41, 5.74) is 3.06. The highest BCUT2D eigenvalue weighted by Crippen LogP contribution is 2.22. The molecule has 3 rings (SSSR count). The van der Waals surface area contributed by atoms with E-state index in [9.17, 15) is 8.42 Å². The monoisotopic (exact) mass is 348 g/mol. The maximum absolute atomic E-state index is 12.2. The van der Waals surface area contributed by atoms with Gasteiger partial charge in [-0.15, -0.1) is 0 Å². The lowest BCUT2D eigenvalue weighted by molar-refractivity contribution is 0.581. The Morgan fingerprint density at radius 3 is 2.61 bits per heavy atom. The first-order valence-electron chi connectivity index (χ1n) is 7.27. The van der Waals surface area contributed by atoms with Crippen molar-refractivity contribution in [2.45, 2.75) is 18.2 Å². The van der Waals surface area contributed by atoms with Crippen molar-refractivity contribution < 1.29 is 8.42 Å². The molecule has 0 fully saturated rings. The van der Waals surface area contributed by atoms with Crippen LogP contribution in [0.2, 0.25) is 5.02 Å². The van der Waals surface area contributed by atoms with E-state index in [0.29, 0.717) is 18.0 Å². The van der Waals surface area contributed by atoms with Crippen molar-refractivity contribution in [3.63, 3.8) is 0 Å². The molecule has 0 saturated carbocycles. The fraction of sp³-hybridized carbons (Fsp3) is 0.176. The second kappa shape index (κ2) is 6.35. The van der Waals surface area contributed by atoms with Gasteiger partial charge in [-0.2, -0.15) is 0 Å². The maximum atomic E-state index is 12.2. The Labute approximate surface area is 140 Å². The second-order valence-corrected chi connectivity index (χ2v) is 7.67. The van der Waals surface area contributed by atoms with Gasteiger partial charge in [0.1, 0.15) is 0 Å². The summed E-state index contributed by atoms with van der Waals surface area (Å²) >= 11 is 6.02. The summed E-state index contributed by atoms with van der Waals surface area (Å²) in [6.45, 7) is 2.25. The van der Waals surface area contributed by atoms with Crippen molar-refractivity contribution >= 4 is 32.5 Å². The van der Waals surface area contributed by atoms with Crippen LogP contribution in [-0.2, 0) is 16.4 Å². The number of rotatable bonds is 5. The molecule has 0 bridgehead atoms. The van der Waals surface area contributed by atoms with Crippen molar-refractivity contribution in [2.75, 3.05) is 6.54 Å². The Bertz CT molecular complexity index is 931. The van der Waals surface area contributed by atoms with E-state index < -0.39 is 10.0 Å². The maximum Gasteiger partial charge on any atom is 0.240 e. The highest BCUT2D eigenvalue weighted by Gasteiger charge is 2.13. The molecular weight excluding hydrogens is 332 g/mol. The van der Waals surface area contributed by atoms with E-state index in [1.807, 2.05) is 31.3 Å². The van der Waals surface area contributed by atoms with E-state index >= 15 is 0 Å². The lowest BCUT2D eigenvalue weighted by atomic mass is 10.1. The van der Waals surface area contributed by atoms with Crippen LogP contribution in [0.25, 0.3) is 10.9 Å². The van der Waals surface area contributed by atoms with Gasteiger partial charge in [-0.05, 0) is 49.2 Å². The third-order valence-electron chi connectivity index (χ3n) is 3.75. The SMILES string of the molecule is Cc1ccc(S(=O)(=O)NCCc2c[nH]c3ccc(Cl)cc23)cc1. The number of aromatic nitrogens is 1. The lowest BCUT2D eigenvalue weighted by Crippen LogP contribution is -2.25. The summed E-state index contributed by atoms with van der Waals surface area (Å²) in [4.78, 5) is 3.45. The second-order valence-electron chi connectivity index (χ2n) is 5.46. The van der Waals surface area contributed by atoms with Crippen LogP contribution >= 0.6 is 11.6 Å². The Morgan fingerprint density at radius 1 is 1.13 bits per heavy atom. The van der Waals surface area contributed by atoms with Crippen LogP contribution in [0.15, 0.2) is 53.6 Å². The minimum absolute atomic E-state index is 0.282. The van der Waals surface area contributed by atoms with Gasteiger partial charge in [0, 0.05) is 28.7 Å². The molecule has 1 heterocycles. The number of aromatic amines is 1. The Hall–Kier alpha value is -1.82. The first kappa shape index (κ1) is 16.1. The van der Waals surface area contributed by atoms with Gasteiger partial charge in [-0.25, -0.2) is 13.1 Å². The fourth-order valence-electron chi connectivity index (χ4n) is 2.48. The molecule has 0 aliphatic rings. The van der Waals surface area contributed by atoms with E-state index in [0.717, 1.165) is 22.0 Å². The summed E-state index contributed by atoms with van der Waals surface area (Å²) in [6, 6.07) is 12.4. The molecule has 23 heavy (non-hydrogen) atoms. The number of hydrogen-bond donors (Lipinski definition) is 2. The molecule has 3 aromatic rings. The van der Waals surface area contributed by atoms with Crippen LogP contribution in [0.4, 0.5) is 0 Å². The van der Waals surface area contributed by atoms with Crippen molar-refractivity contribution in [1.82, 2.24) is 9.71 Å². The topological polar surface area (TPSA) is 62.0 Å². The molecule has 1 aromatic heterocycles. The van der Waals surface area contributed by atoms with E-state index in [4.69, 9.17) is 11.6 Å². The highest BCUT2D eigenvalue weighted by molar-refractivity contribution is 7.89. The molecule has 0 aliphatic carbocycles. The first-order chi connectivity index (χ1) is 11.0. The predicted molar refractivity (Wildman–Crippen MR) is 93.4 cm³/mol. The van der Waals surface area contributed by atoms with Crippen LogP contribution in [0.5, 0.6) is 0 Å². The minimum Gasteiger partial charge on any atom is -0.361 e. The molecule has 0 amide bonds. The van der Waals surface area contributed by atoms with E-state index in [2.05, 4.69) is 9.71 Å². The molecule has 0 radical (unpaired) electrons. The normalized spacial score (nSPS) is 11.9. The average Bonchev–Trinajstić information content (AvgIpc) is 2.90. The molecule has 0 saturated heterocycles. The fourth-order valence-corrected chi connectivity index (χ4v) is 3.68. The van der Waals surface area contributed by atoms with Crippen LogP contribution in [0.1, 0.15) is 11.1 Å². The molecule has 6 heteroatoms. The van der Waals surface area contributed by atoms with Gasteiger partial charge in [0.2, 0.25) is 10.0 Å². The first-order valence-corrected chi connectivity index (χ1v) is 9.14. The number of aryl methyl sites for hydroxylation is 1. The zero-order valence-corrected chi connectivity index (χ0v) is 14.2. The smallest absolute Gasteiger partial charge is 0.240 e. The van der Waals surface area contributed by atoms with E-state index in [-0.39, 0.29) is 4.90 Å². The number of benzene rings is 2. The summed E-state index contributed by atoms with van der Waals surface area (Å²) in [6.07, 6.45) is 2.48. The largest absolute Gasteiger partial charge is 0.361 e. The molecule has 4 nitrogen and oxygen atoms in total. The number of halogens is 1. The predicted octanol–water partition coefficient (Wildman–Crippen LogP) is 3.65. The van der Waals surface area contributed by atoms with Gasteiger partial charge >= 0.3 is 0 Å². The Morgan fingerprint density at radius 2 is 1.87 bits per heavy atom. The summed E-state index contributed by atoms with van der Waals surface area (Å²) in [7, 11) is -3.48. The zero-order chi connectivity index (χ0) is 16.4. The molecule has 0 unspecified atom stereocenters. The Balaban J connectivity index is 1.70. The van der Waals surface area contributed by atoms with Crippen LogP contribution in [0, 0.1) is 6.92 Å². The van der Waals surface area contributed by atoms with Gasteiger partial charge in [-0.1, -0.05) is 29.3 Å². The van der Waals surface area contributed by atoms with Crippen molar-refractivity contribution in [3.05, 3.63) is 64.8 Å². The Kier molecular flexibility index (Phi) is 4.43. The van der Waals surface area contributed by atoms with Crippen molar-refractivity contribution in [2.24, 2.45) is 0 Å². The average molecular weight is 349 g/mol. The summed E-state index contributed by atoms with van der Waals surface area (Å²) in [5.74, 6) is 0. The van der Waals surface area contributed by atoms with E-state index in [1.54, 1.807) is 24.3 Å². The van der Waals surface area contributed by atoms with Gasteiger partial charge in [-0.3, -0.25) is 0 Å². The third kappa shape index (κ3) is 3.58. The van der Waals surface area contributed by atoms with Gasteiger partial charge < -0.3 is 4.98 Å². The van der Waals surface area contributed by atoms with Crippen LogP contribution in [0.3, 0.4) is 0 Å². The number of nitrogens with one attached hydrogen (secondary N) is 2. The van der Waals surface area contributed by atoms with Crippen LogP contribution in [-0.4, -0.2) is 19.9 Å². The molecule has 0 atom stereocenters. The van der Waals surface area contributed by atoms with Crippen molar-refractivity contribution in [1.29, 1.82) is 0 Å². The standard InChI is InChI=1S/C17H17ClN2O2S/c1-12-2-5-15(6-3-12)23(21,22)20-9-8-13-11-19-17-7-4-14(18)10-16(13)17/h2-7,10-11,19-20H,8-9H2,1H3. The minimum atomic E-state index is -3.48. The molecule has 120 valence electrons. The van der Waals surface area contributed by atoms with Gasteiger partial charge in [0.25, 0.3) is 0 Å². The summed E-state index contributed by atoms with van der Waals surface area (Å²) in [5, 5.41) is 1.69. The third-order valence-corrected chi connectivity index (χ3v) is 5.46. The van der Waals surface area contributed by atoms with Crippen LogP contribution < -0.4 is 4.72 Å². The van der Waals surface area contributed by atoms with E-state index in [1.165, 1.54) is 0 Å². The molecule has 2 aromatic carbocycles. The number of sulfonamides is 1. The molecule has 0 spiro atoms. The molecular formula is C17H17ClN2O2S. The number of H-pyrrole nitrogens is 1. The molecule has 0 aliphatic heterocycles.